The van der Waals surface area contributed by atoms with Crippen molar-refractivity contribution in [3.05, 3.63) is 71.8 Å². The Morgan fingerprint density at radius 1 is 1.04 bits per heavy atom. The van der Waals surface area contributed by atoms with Crippen molar-refractivity contribution in [3.8, 4) is 0 Å². The van der Waals surface area contributed by atoms with E-state index in [1.165, 1.54) is 5.56 Å². The van der Waals surface area contributed by atoms with Crippen LogP contribution < -0.4 is 0 Å². The van der Waals surface area contributed by atoms with E-state index in [1.807, 2.05) is 48.5 Å². The average molecular weight is 351 g/mol. The highest BCUT2D eigenvalue weighted by atomic mass is 16.5. The first-order valence-electron chi connectivity index (χ1n) is 9.15. The van der Waals surface area contributed by atoms with E-state index in [2.05, 4.69) is 17.0 Å². The highest BCUT2D eigenvalue weighted by Gasteiger charge is 2.50. The number of piperidine rings is 1. The minimum atomic E-state index is -1.12. The molecule has 4 heteroatoms. The molecule has 1 aliphatic heterocycles. The Morgan fingerprint density at radius 3 is 2.27 bits per heavy atom. The lowest BCUT2D eigenvalue weighted by Gasteiger charge is -2.39. The normalized spacial score (nSPS) is 20.7. The van der Waals surface area contributed by atoms with Gasteiger partial charge in [0.15, 0.2) is 5.78 Å². The minimum Gasteiger partial charge on any atom is -0.465 e. The number of Topliss-reactive ketones (excluding diaryl/α,β-unsaturated/α-hetero) is 1. The first-order chi connectivity index (χ1) is 12.6. The molecule has 2 aromatic carbocycles. The molecule has 0 bridgehead atoms. The molecule has 2 aromatic rings. The molecule has 1 aliphatic rings. The van der Waals surface area contributed by atoms with Gasteiger partial charge in [0, 0.05) is 26.1 Å². The molecule has 136 valence electrons. The van der Waals surface area contributed by atoms with Gasteiger partial charge in [0.1, 0.15) is 5.41 Å². The molecule has 4 nitrogen and oxygen atoms in total. The van der Waals surface area contributed by atoms with Gasteiger partial charge in [0.2, 0.25) is 0 Å². The van der Waals surface area contributed by atoms with Crippen molar-refractivity contribution in [2.45, 2.75) is 26.3 Å². The Labute approximate surface area is 154 Å². The van der Waals surface area contributed by atoms with E-state index in [9.17, 15) is 9.59 Å². The largest absolute Gasteiger partial charge is 0.465 e. The number of benzene rings is 2. The zero-order valence-corrected chi connectivity index (χ0v) is 15.2. The van der Waals surface area contributed by atoms with Gasteiger partial charge in [-0.15, -0.1) is 0 Å². The van der Waals surface area contributed by atoms with Crippen LogP contribution in [0.1, 0.15) is 24.5 Å². The number of hydrogen-bond acceptors (Lipinski definition) is 4. The summed E-state index contributed by atoms with van der Waals surface area (Å²) in [5, 5.41) is 0. The first-order valence-corrected chi connectivity index (χ1v) is 9.15. The molecular weight excluding hydrogens is 326 g/mol. The molecule has 1 fully saturated rings. The molecule has 0 amide bonds. The van der Waals surface area contributed by atoms with Gasteiger partial charge in [-0.25, -0.2) is 0 Å². The lowest BCUT2D eigenvalue weighted by atomic mass is 9.74. The molecule has 0 aromatic heterocycles. The van der Waals surface area contributed by atoms with Crippen LogP contribution in [-0.4, -0.2) is 36.3 Å². The number of ketones is 1. The monoisotopic (exact) mass is 351 g/mol. The van der Waals surface area contributed by atoms with Crippen LogP contribution in [0.15, 0.2) is 60.7 Å². The smallest absolute Gasteiger partial charge is 0.321 e. The van der Waals surface area contributed by atoms with Gasteiger partial charge in [-0.05, 0) is 24.5 Å². The van der Waals surface area contributed by atoms with Gasteiger partial charge in [-0.1, -0.05) is 60.7 Å². The van der Waals surface area contributed by atoms with E-state index in [1.54, 1.807) is 6.92 Å². The van der Waals surface area contributed by atoms with E-state index in [0.717, 1.165) is 12.1 Å². The van der Waals surface area contributed by atoms with Crippen molar-refractivity contribution in [1.29, 1.82) is 0 Å². The van der Waals surface area contributed by atoms with Crippen LogP contribution in [-0.2, 0) is 27.3 Å². The highest BCUT2D eigenvalue weighted by molar-refractivity contribution is 6.05. The Hall–Kier alpha value is -2.46. The van der Waals surface area contributed by atoms with Gasteiger partial charge in [-0.3, -0.25) is 14.5 Å². The van der Waals surface area contributed by atoms with Crippen molar-refractivity contribution in [2.75, 3.05) is 19.7 Å². The molecule has 1 heterocycles. The Morgan fingerprint density at radius 2 is 1.65 bits per heavy atom. The van der Waals surface area contributed by atoms with Gasteiger partial charge < -0.3 is 4.74 Å². The van der Waals surface area contributed by atoms with Crippen molar-refractivity contribution < 1.29 is 14.3 Å². The highest BCUT2D eigenvalue weighted by Crippen LogP contribution is 2.33. The van der Waals surface area contributed by atoms with Crippen molar-refractivity contribution in [3.63, 3.8) is 0 Å². The second-order valence-corrected chi connectivity index (χ2v) is 6.83. The maximum absolute atomic E-state index is 12.9. The number of ether oxygens (including phenoxy) is 1. The van der Waals surface area contributed by atoms with Gasteiger partial charge >= 0.3 is 5.97 Å². The maximum atomic E-state index is 12.9. The van der Waals surface area contributed by atoms with E-state index >= 15 is 0 Å². The van der Waals surface area contributed by atoms with Crippen LogP contribution in [0, 0.1) is 5.41 Å². The van der Waals surface area contributed by atoms with Gasteiger partial charge in [0.05, 0.1) is 6.61 Å². The predicted molar refractivity (Wildman–Crippen MR) is 101 cm³/mol. The van der Waals surface area contributed by atoms with Crippen LogP contribution in [0.5, 0.6) is 0 Å². The Kier molecular flexibility index (Phi) is 5.84. The summed E-state index contributed by atoms with van der Waals surface area (Å²) in [5.41, 5.74) is 1.04. The molecule has 1 saturated heterocycles. The minimum absolute atomic E-state index is 0.0101. The summed E-state index contributed by atoms with van der Waals surface area (Å²) in [5.74, 6) is -0.407. The van der Waals surface area contributed by atoms with E-state index in [0.29, 0.717) is 25.9 Å². The second-order valence-electron chi connectivity index (χ2n) is 6.83. The van der Waals surface area contributed by atoms with Gasteiger partial charge in [0.25, 0.3) is 0 Å². The number of esters is 1. The SMILES string of the molecule is CCOC(=O)C1(Cc2ccccc2)CN(Cc2ccccc2)CCC1=O. The molecule has 0 saturated carbocycles. The van der Waals surface area contributed by atoms with E-state index in [-0.39, 0.29) is 12.4 Å². The molecule has 26 heavy (non-hydrogen) atoms. The molecule has 1 atom stereocenters. The zero-order valence-electron chi connectivity index (χ0n) is 15.2. The third-order valence-corrected chi connectivity index (χ3v) is 4.95. The lowest BCUT2D eigenvalue weighted by molar-refractivity contribution is -0.164. The third kappa shape index (κ3) is 4.02. The summed E-state index contributed by atoms with van der Waals surface area (Å²) in [7, 11) is 0. The fourth-order valence-corrected chi connectivity index (χ4v) is 3.64. The number of likely N-dealkylation sites (tertiary alicyclic amines) is 1. The third-order valence-electron chi connectivity index (χ3n) is 4.95. The number of hydrogen-bond donors (Lipinski definition) is 0. The quantitative estimate of drug-likeness (QED) is 0.592. The van der Waals surface area contributed by atoms with Crippen LogP contribution in [0.2, 0.25) is 0 Å². The molecule has 0 N–H and O–H groups in total. The maximum Gasteiger partial charge on any atom is 0.321 e. The Balaban J connectivity index is 1.87. The van der Waals surface area contributed by atoms with Crippen molar-refractivity contribution >= 4 is 11.8 Å². The van der Waals surface area contributed by atoms with E-state index < -0.39 is 11.4 Å². The zero-order chi connectivity index (χ0) is 18.4. The molecule has 0 radical (unpaired) electrons. The predicted octanol–water partition coefficient (Wildman–Crippen LogP) is 3.25. The average Bonchev–Trinajstić information content (AvgIpc) is 2.66. The summed E-state index contributed by atoms with van der Waals surface area (Å²) in [6.07, 6.45) is 0.759. The first kappa shape index (κ1) is 18.3. The van der Waals surface area contributed by atoms with E-state index in [4.69, 9.17) is 4.74 Å². The molecule has 3 rings (SSSR count). The van der Waals surface area contributed by atoms with Crippen LogP contribution in [0.4, 0.5) is 0 Å². The summed E-state index contributed by atoms with van der Waals surface area (Å²) in [4.78, 5) is 28.0. The molecule has 1 unspecified atom stereocenters. The molecular formula is C22H25NO3. The van der Waals surface area contributed by atoms with Crippen LogP contribution in [0.25, 0.3) is 0 Å². The molecule has 0 spiro atoms. The number of rotatable bonds is 6. The van der Waals surface area contributed by atoms with Crippen LogP contribution in [0.3, 0.4) is 0 Å². The summed E-state index contributed by atoms with van der Waals surface area (Å²) in [6, 6.07) is 19.9. The van der Waals surface area contributed by atoms with Crippen molar-refractivity contribution in [1.82, 2.24) is 4.90 Å². The summed E-state index contributed by atoms with van der Waals surface area (Å²) < 4.78 is 5.34. The van der Waals surface area contributed by atoms with Crippen LogP contribution >= 0.6 is 0 Å². The molecule has 0 aliphatic carbocycles. The Bertz CT molecular complexity index is 744. The number of carbonyl (C=O) groups excluding carboxylic acids is 2. The summed E-state index contributed by atoms with van der Waals surface area (Å²) in [6.45, 7) is 3.85. The second kappa shape index (κ2) is 8.28. The van der Waals surface area contributed by atoms with Crippen molar-refractivity contribution in [2.24, 2.45) is 5.41 Å². The van der Waals surface area contributed by atoms with Gasteiger partial charge in [-0.2, -0.15) is 0 Å². The summed E-state index contributed by atoms with van der Waals surface area (Å²) >= 11 is 0. The number of nitrogens with zero attached hydrogens (tertiary/aromatic N) is 1. The topological polar surface area (TPSA) is 46.6 Å². The lowest BCUT2D eigenvalue weighted by Crippen LogP contribution is -2.55. The fourth-order valence-electron chi connectivity index (χ4n) is 3.64. The fraction of sp³-hybridized carbons (Fsp3) is 0.364. The standard InChI is InChI=1S/C22H25NO3/c1-2-26-21(25)22(15-18-9-5-3-6-10-18)17-23(14-13-20(22)24)16-19-11-7-4-8-12-19/h3-12H,2,13-17H2,1H3. The number of carbonyl (C=O) groups is 2.